The molecular weight excluding hydrogens is 462 g/mol. The number of ether oxygens (including phenoxy) is 1. The molecule has 3 aromatic carbocycles. The molecule has 0 aliphatic heterocycles. The van der Waals surface area contributed by atoms with Gasteiger partial charge >= 0.3 is 0 Å². The fraction of sp³-hybridized carbons (Fsp3) is 0.129. The van der Waals surface area contributed by atoms with Crippen molar-refractivity contribution in [2.45, 2.75) is 27.3 Å². The smallest absolute Gasteiger partial charge is 0.269 e. The van der Waals surface area contributed by atoms with E-state index in [2.05, 4.69) is 17.1 Å². The van der Waals surface area contributed by atoms with E-state index in [4.69, 9.17) is 4.74 Å². The number of aromatic amines is 1. The van der Waals surface area contributed by atoms with Crippen molar-refractivity contribution >= 4 is 17.2 Å². The van der Waals surface area contributed by atoms with Crippen LogP contribution in [0.5, 0.6) is 11.5 Å². The summed E-state index contributed by atoms with van der Waals surface area (Å²) >= 11 is 0. The summed E-state index contributed by atoms with van der Waals surface area (Å²) in [6, 6.07) is 25.0. The molecule has 5 rings (SSSR count). The van der Waals surface area contributed by atoms with Gasteiger partial charge in [-0.15, -0.1) is 0 Å². The number of hydrogen-bond acceptors (Lipinski definition) is 4. The van der Waals surface area contributed by atoms with E-state index in [0.29, 0.717) is 35.0 Å². The number of benzene rings is 3. The fourth-order valence-electron chi connectivity index (χ4n) is 4.60. The van der Waals surface area contributed by atoms with Gasteiger partial charge in [-0.25, -0.2) is 0 Å². The predicted octanol–water partition coefficient (Wildman–Crippen LogP) is 6.45. The molecule has 37 heavy (non-hydrogen) atoms. The Morgan fingerprint density at radius 3 is 2.51 bits per heavy atom. The predicted molar refractivity (Wildman–Crippen MR) is 144 cm³/mol. The number of carbonyl (C=O) groups is 1. The second-order valence-electron chi connectivity index (χ2n) is 9.24. The molecule has 0 atom stereocenters. The first-order chi connectivity index (χ1) is 17.9. The average Bonchev–Trinajstić information content (AvgIpc) is 3.30. The van der Waals surface area contributed by atoms with Crippen LogP contribution in [0.2, 0.25) is 0 Å². The van der Waals surface area contributed by atoms with E-state index in [1.807, 2.05) is 74.5 Å². The zero-order valence-electron chi connectivity index (χ0n) is 20.8. The second kappa shape index (κ2) is 9.63. The molecule has 0 amide bonds. The van der Waals surface area contributed by atoms with Crippen LogP contribution in [0, 0.1) is 32.1 Å². The Kier molecular flexibility index (Phi) is 6.21. The monoisotopic (exact) mass is 487 g/mol. The standard InChI is InChI=1S/C31H25N3O3/c1-19-7-8-24(20(2)11-19)17-34-30(12-21(3)28(16-32)31(34)36)23-5-4-6-26(14-23)37-27-10-9-22-13-25(18-35)33-29(22)15-27/h4-15,18,33H,17H2,1-3H3. The van der Waals surface area contributed by atoms with Crippen molar-refractivity contribution in [2.75, 3.05) is 0 Å². The topological polar surface area (TPSA) is 87.9 Å². The van der Waals surface area contributed by atoms with Gasteiger partial charge in [0.05, 0.1) is 17.9 Å². The number of aldehydes is 1. The highest BCUT2D eigenvalue weighted by molar-refractivity contribution is 5.88. The van der Waals surface area contributed by atoms with Crippen molar-refractivity contribution in [3.05, 3.63) is 117 Å². The Labute approximate surface area is 214 Å². The molecule has 0 fully saturated rings. The first kappa shape index (κ1) is 23.8. The molecular formula is C31H25N3O3. The van der Waals surface area contributed by atoms with Crippen LogP contribution >= 0.6 is 0 Å². The number of pyridine rings is 1. The van der Waals surface area contributed by atoms with Crippen molar-refractivity contribution in [2.24, 2.45) is 0 Å². The minimum atomic E-state index is -0.313. The van der Waals surface area contributed by atoms with Gasteiger partial charge in [-0.3, -0.25) is 9.59 Å². The molecule has 6 heteroatoms. The summed E-state index contributed by atoms with van der Waals surface area (Å²) in [4.78, 5) is 27.5. The zero-order chi connectivity index (χ0) is 26.1. The number of carbonyl (C=O) groups excluding carboxylic acids is 1. The van der Waals surface area contributed by atoms with Crippen LogP contribution < -0.4 is 10.3 Å². The SMILES string of the molecule is Cc1ccc(Cn2c(-c3cccc(Oc4ccc5cc(C=O)[nH]c5c4)c3)cc(C)c(C#N)c2=O)c(C)c1. The molecule has 0 saturated carbocycles. The van der Waals surface area contributed by atoms with E-state index in [-0.39, 0.29) is 11.1 Å². The van der Waals surface area contributed by atoms with Crippen LogP contribution in [0.15, 0.2) is 77.6 Å². The Balaban J connectivity index is 1.56. The molecule has 0 aliphatic rings. The van der Waals surface area contributed by atoms with Gasteiger partial charge in [0.15, 0.2) is 6.29 Å². The van der Waals surface area contributed by atoms with E-state index in [1.165, 1.54) is 0 Å². The van der Waals surface area contributed by atoms with Gasteiger partial charge in [0.2, 0.25) is 0 Å². The van der Waals surface area contributed by atoms with Gasteiger partial charge in [0.25, 0.3) is 5.56 Å². The lowest BCUT2D eigenvalue weighted by Crippen LogP contribution is -2.26. The lowest BCUT2D eigenvalue weighted by molar-refractivity contribution is 0.111. The summed E-state index contributed by atoms with van der Waals surface area (Å²) in [6.45, 7) is 6.20. The van der Waals surface area contributed by atoms with E-state index in [9.17, 15) is 14.9 Å². The summed E-state index contributed by atoms with van der Waals surface area (Å²) in [7, 11) is 0. The van der Waals surface area contributed by atoms with Crippen LogP contribution in [-0.2, 0) is 6.54 Å². The maximum Gasteiger partial charge on any atom is 0.269 e. The average molecular weight is 488 g/mol. The summed E-state index contributed by atoms with van der Waals surface area (Å²) < 4.78 is 7.80. The van der Waals surface area contributed by atoms with Gasteiger partial charge in [0.1, 0.15) is 23.1 Å². The van der Waals surface area contributed by atoms with E-state index >= 15 is 0 Å². The molecule has 2 aromatic heterocycles. The number of rotatable bonds is 6. The third kappa shape index (κ3) is 4.67. The maximum atomic E-state index is 13.4. The first-order valence-corrected chi connectivity index (χ1v) is 11.9. The summed E-state index contributed by atoms with van der Waals surface area (Å²) in [6.07, 6.45) is 0.779. The number of nitrogens with zero attached hydrogens (tertiary/aromatic N) is 2. The molecule has 1 N–H and O–H groups in total. The highest BCUT2D eigenvalue weighted by Gasteiger charge is 2.16. The summed E-state index contributed by atoms with van der Waals surface area (Å²) in [5.41, 5.74) is 6.55. The van der Waals surface area contributed by atoms with E-state index in [0.717, 1.165) is 39.4 Å². The molecule has 2 heterocycles. The first-order valence-electron chi connectivity index (χ1n) is 11.9. The van der Waals surface area contributed by atoms with Crippen molar-refractivity contribution in [1.82, 2.24) is 9.55 Å². The summed E-state index contributed by atoms with van der Waals surface area (Å²) in [5.74, 6) is 1.22. The number of fused-ring (bicyclic) bond motifs is 1. The second-order valence-corrected chi connectivity index (χ2v) is 9.24. The third-order valence-electron chi connectivity index (χ3n) is 6.54. The molecule has 0 spiro atoms. The van der Waals surface area contributed by atoms with Gasteiger partial charge in [-0.2, -0.15) is 5.26 Å². The van der Waals surface area contributed by atoms with Crippen molar-refractivity contribution < 1.29 is 9.53 Å². The van der Waals surface area contributed by atoms with Gasteiger partial charge in [0, 0.05) is 22.5 Å². The molecule has 5 aromatic rings. The minimum Gasteiger partial charge on any atom is -0.457 e. The molecule has 0 radical (unpaired) electrons. The Bertz CT molecular complexity index is 1770. The molecule has 0 saturated heterocycles. The number of nitrogens with one attached hydrogen (secondary N) is 1. The van der Waals surface area contributed by atoms with Crippen molar-refractivity contribution in [3.63, 3.8) is 0 Å². The van der Waals surface area contributed by atoms with Crippen LogP contribution in [0.3, 0.4) is 0 Å². The maximum absolute atomic E-state index is 13.4. The number of H-pyrrole nitrogens is 1. The van der Waals surface area contributed by atoms with Crippen molar-refractivity contribution in [3.8, 4) is 28.8 Å². The largest absolute Gasteiger partial charge is 0.457 e. The number of aryl methyl sites for hydroxylation is 3. The van der Waals surface area contributed by atoms with Crippen molar-refractivity contribution in [1.29, 1.82) is 5.26 Å². The fourth-order valence-corrected chi connectivity index (χ4v) is 4.60. The molecule has 0 bridgehead atoms. The Morgan fingerprint density at radius 1 is 0.946 bits per heavy atom. The van der Waals surface area contributed by atoms with Gasteiger partial charge in [-0.1, -0.05) is 35.9 Å². The lowest BCUT2D eigenvalue weighted by atomic mass is 10.0. The normalized spacial score (nSPS) is 10.9. The van der Waals surface area contributed by atoms with E-state index in [1.54, 1.807) is 17.6 Å². The third-order valence-corrected chi connectivity index (χ3v) is 6.54. The van der Waals surface area contributed by atoms with Gasteiger partial charge < -0.3 is 14.3 Å². The Hall–Kier alpha value is -4.89. The van der Waals surface area contributed by atoms with Crippen LogP contribution in [0.25, 0.3) is 22.2 Å². The zero-order valence-corrected chi connectivity index (χ0v) is 20.8. The number of aromatic nitrogens is 2. The van der Waals surface area contributed by atoms with E-state index < -0.39 is 0 Å². The quantitative estimate of drug-likeness (QED) is 0.279. The minimum absolute atomic E-state index is 0.148. The molecule has 182 valence electrons. The Morgan fingerprint density at radius 2 is 1.76 bits per heavy atom. The molecule has 0 aliphatic carbocycles. The molecule has 0 unspecified atom stereocenters. The van der Waals surface area contributed by atoms with Gasteiger partial charge in [-0.05, 0) is 73.9 Å². The number of nitriles is 1. The van der Waals surface area contributed by atoms with Crippen LogP contribution in [0.4, 0.5) is 0 Å². The summed E-state index contributed by atoms with van der Waals surface area (Å²) in [5, 5.41) is 10.6. The number of hydrogen-bond donors (Lipinski definition) is 1. The van der Waals surface area contributed by atoms with Crippen LogP contribution in [0.1, 0.15) is 38.3 Å². The lowest BCUT2D eigenvalue weighted by Gasteiger charge is -2.17. The highest BCUT2D eigenvalue weighted by Crippen LogP contribution is 2.30. The highest BCUT2D eigenvalue weighted by atomic mass is 16.5. The molecule has 6 nitrogen and oxygen atoms in total. The van der Waals surface area contributed by atoms with Crippen LogP contribution in [-0.4, -0.2) is 15.8 Å².